The summed E-state index contributed by atoms with van der Waals surface area (Å²) in [5, 5.41) is 0. The van der Waals surface area contributed by atoms with E-state index in [1.165, 1.54) is 18.4 Å². The molecule has 0 aromatic heterocycles. The molecule has 3 nitrogen and oxygen atoms in total. The van der Waals surface area contributed by atoms with Crippen molar-refractivity contribution in [1.29, 1.82) is 0 Å². The average molecular weight is 354 g/mol. The van der Waals surface area contributed by atoms with Gasteiger partial charge in [-0.25, -0.2) is 4.79 Å². The van der Waals surface area contributed by atoms with Gasteiger partial charge < -0.3 is 4.74 Å². The molecule has 0 spiro atoms. The van der Waals surface area contributed by atoms with Crippen molar-refractivity contribution >= 4 is 11.8 Å². The molecular formula is C23H30O3. The monoisotopic (exact) mass is 354 g/mol. The second-order valence-corrected chi connectivity index (χ2v) is 7.99. The van der Waals surface area contributed by atoms with E-state index in [1.54, 1.807) is 30.3 Å². The van der Waals surface area contributed by atoms with Gasteiger partial charge in [-0.15, -0.1) is 0 Å². The van der Waals surface area contributed by atoms with Gasteiger partial charge in [-0.1, -0.05) is 49.8 Å². The van der Waals surface area contributed by atoms with E-state index in [-0.39, 0.29) is 17.8 Å². The fraction of sp³-hybridized carbons (Fsp3) is 0.478. The molecule has 1 fully saturated rings. The Hall–Kier alpha value is -2.16. The van der Waals surface area contributed by atoms with Gasteiger partial charge in [-0.3, -0.25) is 4.79 Å². The first-order chi connectivity index (χ1) is 12.3. The molecule has 1 aliphatic rings. The van der Waals surface area contributed by atoms with Gasteiger partial charge in [-0.05, 0) is 68.6 Å². The molecule has 0 radical (unpaired) electrons. The quantitative estimate of drug-likeness (QED) is 0.368. The highest BCUT2D eigenvalue weighted by molar-refractivity contribution is 5.95. The third-order valence-electron chi connectivity index (χ3n) is 5.34. The third-order valence-corrected chi connectivity index (χ3v) is 5.34. The molecule has 1 aromatic carbocycles. The largest absolute Gasteiger partial charge is 0.454 e. The fourth-order valence-electron chi connectivity index (χ4n) is 3.82. The van der Waals surface area contributed by atoms with Gasteiger partial charge >= 0.3 is 5.97 Å². The summed E-state index contributed by atoms with van der Waals surface area (Å²) in [4.78, 5) is 23.9. The van der Waals surface area contributed by atoms with Crippen LogP contribution in [0.25, 0.3) is 0 Å². The molecule has 0 saturated heterocycles. The van der Waals surface area contributed by atoms with Crippen LogP contribution in [0.3, 0.4) is 0 Å². The first-order valence-electron chi connectivity index (χ1n) is 9.39. The summed E-state index contributed by atoms with van der Waals surface area (Å²) in [7, 11) is 0. The summed E-state index contributed by atoms with van der Waals surface area (Å²) in [5.41, 5.74) is 3.11. The van der Waals surface area contributed by atoms with Crippen molar-refractivity contribution in [1.82, 2.24) is 0 Å². The summed E-state index contributed by atoms with van der Waals surface area (Å²) in [6.07, 6.45) is 7.06. The minimum Gasteiger partial charge on any atom is -0.454 e. The van der Waals surface area contributed by atoms with Gasteiger partial charge in [0.2, 0.25) is 0 Å². The Morgan fingerprint density at radius 1 is 1.27 bits per heavy atom. The molecule has 1 unspecified atom stereocenters. The molecule has 0 N–H and O–H groups in total. The standard InChI is InChI=1S/C23H30O3/c1-17(12-13-21-18(2)9-8-14-23(21,3)4)15-20(24)16-26-22(25)19-10-6-5-7-11-19/h5-7,10-11,15,21H,2,8-9,12-14,16H2,1,3-4H3/b17-15+. The number of carbonyl (C=O) groups is 2. The molecule has 1 saturated carbocycles. The Labute approximate surface area is 157 Å². The molecule has 0 heterocycles. The number of allylic oxidation sites excluding steroid dienone is 2. The maximum absolute atomic E-state index is 12.1. The van der Waals surface area contributed by atoms with Gasteiger partial charge in [0.15, 0.2) is 12.4 Å². The van der Waals surface area contributed by atoms with Crippen LogP contribution in [0.1, 0.15) is 63.2 Å². The van der Waals surface area contributed by atoms with Crippen LogP contribution >= 0.6 is 0 Å². The zero-order valence-corrected chi connectivity index (χ0v) is 16.2. The van der Waals surface area contributed by atoms with Crippen molar-refractivity contribution in [2.75, 3.05) is 6.61 Å². The lowest BCUT2D eigenvalue weighted by molar-refractivity contribution is -0.117. The molecule has 0 aliphatic heterocycles. The number of hydrogen-bond donors (Lipinski definition) is 0. The Morgan fingerprint density at radius 2 is 1.96 bits per heavy atom. The van der Waals surface area contributed by atoms with Crippen LogP contribution in [0.4, 0.5) is 0 Å². The Kier molecular flexibility index (Phi) is 6.96. The highest BCUT2D eigenvalue weighted by atomic mass is 16.5. The molecule has 0 bridgehead atoms. The second-order valence-electron chi connectivity index (χ2n) is 7.99. The SMILES string of the molecule is C=C1CCCC(C)(C)C1CC/C(C)=C/C(=O)COC(=O)c1ccccc1. The predicted octanol–water partition coefficient (Wildman–Crippen LogP) is 5.52. The Balaban J connectivity index is 1.82. The topological polar surface area (TPSA) is 43.4 Å². The van der Waals surface area contributed by atoms with Crippen molar-refractivity contribution < 1.29 is 14.3 Å². The molecule has 1 aromatic rings. The molecule has 140 valence electrons. The number of ketones is 1. The van der Waals surface area contributed by atoms with Crippen LogP contribution in [0.15, 0.2) is 54.1 Å². The molecule has 1 atom stereocenters. The van der Waals surface area contributed by atoms with E-state index >= 15 is 0 Å². The van der Waals surface area contributed by atoms with Crippen molar-refractivity contribution in [2.45, 2.75) is 52.9 Å². The normalized spacial score (nSPS) is 19.9. The molecule has 1 aliphatic carbocycles. The van der Waals surface area contributed by atoms with Crippen molar-refractivity contribution in [2.24, 2.45) is 11.3 Å². The van der Waals surface area contributed by atoms with Crippen molar-refractivity contribution in [3.8, 4) is 0 Å². The summed E-state index contributed by atoms with van der Waals surface area (Å²) in [6, 6.07) is 8.71. The number of carbonyl (C=O) groups excluding carboxylic acids is 2. The minimum atomic E-state index is -0.467. The van der Waals surface area contributed by atoms with Crippen LogP contribution < -0.4 is 0 Å². The van der Waals surface area contributed by atoms with E-state index in [2.05, 4.69) is 20.4 Å². The summed E-state index contributed by atoms with van der Waals surface area (Å²) in [5.74, 6) is -0.135. The lowest BCUT2D eigenvalue weighted by Gasteiger charge is -2.40. The summed E-state index contributed by atoms with van der Waals surface area (Å²) < 4.78 is 5.09. The predicted molar refractivity (Wildman–Crippen MR) is 105 cm³/mol. The molecule has 2 rings (SSSR count). The number of rotatable bonds is 7. The van der Waals surface area contributed by atoms with E-state index in [0.29, 0.717) is 11.5 Å². The number of hydrogen-bond acceptors (Lipinski definition) is 3. The van der Waals surface area contributed by atoms with E-state index in [4.69, 9.17) is 4.74 Å². The maximum atomic E-state index is 12.1. The van der Waals surface area contributed by atoms with E-state index in [1.807, 2.05) is 13.0 Å². The average Bonchev–Trinajstić information content (AvgIpc) is 2.59. The second kappa shape index (κ2) is 8.98. The lowest BCUT2D eigenvalue weighted by Crippen LogP contribution is -2.29. The van der Waals surface area contributed by atoms with Crippen LogP contribution in [0.2, 0.25) is 0 Å². The molecule has 0 amide bonds. The minimum absolute atomic E-state index is 0.173. The zero-order chi connectivity index (χ0) is 19.2. The summed E-state index contributed by atoms with van der Waals surface area (Å²) >= 11 is 0. The van der Waals surface area contributed by atoms with Crippen molar-refractivity contribution in [3.63, 3.8) is 0 Å². The van der Waals surface area contributed by atoms with Gasteiger partial charge in [-0.2, -0.15) is 0 Å². The van der Waals surface area contributed by atoms with Crippen LogP contribution in [0.5, 0.6) is 0 Å². The number of esters is 1. The lowest BCUT2D eigenvalue weighted by atomic mass is 9.65. The van der Waals surface area contributed by atoms with Crippen molar-refractivity contribution in [3.05, 3.63) is 59.7 Å². The van der Waals surface area contributed by atoms with Crippen LogP contribution in [-0.4, -0.2) is 18.4 Å². The van der Waals surface area contributed by atoms with Crippen LogP contribution in [0, 0.1) is 11.3 Å². The molecule has 26 heavy (non-hydrogen) atoms. The van der Waals surface area contributed by atoms with Gasteiger partial charge in [0.1, 0.15) is 0 Å². The van der Waals surface area contributed by atoms with Gasteiger partial charge in [0.25, 0.3) is 0 Å². The highest BCUT2D eigenvalue weighted by Gasteiger charge is 2.33. The highest BCUT2D eigenvalue weighted by Crippen LogP contribution is 2.45. The smallest absolute Gasteiger partial charge is 0.338 e. The number of benzene rings is 1. The van der Waals surface area contributed by atoms with E-state index in [9.17, 15) is 9.59 Å². The van der Waals surface area contributed by atoms with E-state index < -0.39 is 5.97 Å². The first-order valence-corrected chi connectivity index (χ1v) is 9.39. The van der Waals surface area contributed by atoms with Gasteiger partial charge in [0, 0.05) is 0 Å². The maximum Gasteiger partial charge on any atom is 0.338 e. The van der Waals surface area contributed by atoms with Gasteiger partial charge in [0.05, 0.1) is 5.56 Å². The Bertz CT molecular complexity index is 683. The molecule has 3 heteroatoms. The summed E-state index contributed by atoms with van der Waals surface area (Å²) in [6.45, 7) is 10.6. The number of ether oxygens (including phenoxy) is 1. The zero-order valence-electron chi connectivity index (χ0n) is 16.2. The van der Waals surface area contributed by atoms with E-state index in [0.717, 1.165) is 24.8 Å². The third kappa shape index (κ3) is 5.69. The van der Waals surface area contributed by atoms with Crippen LogP contribution in [-0.2, 0) is 9.53 Å². The fourth-order valence-corrected chi connectivity index (χ4v) is 3.82. The molecular weight excluding hydrogens is 324 g/mol. The first kappa shape index (κ1) is 20.2. The Morgan fingerprint density at radius 3 is 2.62 bits per heavy atom.